The van der Waals surface area contributed by atoms with Crippen molar-refractivity contribution in [2.24, 2.45) is 0 Å². The maximum Gasteiger partial charge on any atom is 0.330 e. The number of carbonyl (C=O) groups excluding carboxylic acids is 2. The van der Waals surface area contributed by atoms with Gasteiger partial charge in [-0.2, -0.15) is 0 Å². The molecule has 0 heterocycles. The van der Waals surface area contributed by atoms with Gasteiger partial charge in [-0.05, 0) is 20.8 Å². The molecule has 18 heavy (non-hydrogen) atoms. The second kappa shape index (κ2) is 11.8. The van der Waals surface area contributed by atoms with Crippen LogP contribution in [0.1, 0.15) is 27.2 Å². The van der Waals surface area contributed by atoms with E-state index in [9.17, 15) is 14.4 Å². The molecule has 0 saturated heterocycles. The predicted molar refractivity (Wildman–Crippen MR) is 65.2 cm³/mol. The van der Waals surface area contributed by atoms with Crippen LogP contribution in [-0.4, -0.2) is 42.6 Å². The molecule has 0 aromatic rings. The number of esters is 1. The van der Waals surface area contributed by atoms with E-state index < -0.39 is 11.9 Å². The Labute approximate surface area is 107 Å². The highest BCUT2D eigenvalue weighted by molar-refractivity contribution is 5.94. The van der Waals surface area contributed by atoms with Gasteiger partial charge in [-0.1, -0.05) is 6.58 Å². The fourth-order valence-electron chi connectivity index (χ4n) is 0.613. The summed E-state index contributed by atoms with van der Waals surface area (Å²) in [7, 11) is 0. The summed E-state index contributed by atoms with van der Waals surface area (Å²) in [4.78, 5) is 30.7. The molecule has 104 valence electrons. The van der Waals surface area contributed by atoms with Crippen LogP contribution in [-0.2, 0) is 23.9 Å². The molecule has 0 saturated carbocycles. The number of aliphatic carboxylic acids is 1. The monoisotopic (exact) mass is 260 g/mol. The Morgan fingerprint density at radius 1 is 1.17 bits per heavy atom. The lowest BCUT2D eigenvalue weighted by atomic mass is 10.3. The lowest BCUT2D eigenvalue weighted by Gasteiger charge is -2.02. The second-order valence-corrected chi connectivity index (χ2v) is 3.38. The fraction of sp³-hybridized carbons (Fsp3) is 0.583. The maximum absolute atomic E-state index is 10.7. The van der Waals surface area contributed by atoms with Crippen LogP contribution in [0.15, 0.2) is 12.2 Å². The molecule has 0 radical (unpaired) electrons. The molecule has 6 heteroatoms. The third kappa shape index (κ3) is 16.7. The van der Waals surface area contributed by atoms with E-state index in [1.165, 1.54) is 13.8 Å². The number of carbonyl (C=O) groups is 3. The minimum absolute atomic E-state index is 0.147. The fourth-order valence-corrected chi connectivity index (χ4v) is 0.613. The number of carboxylic acid groups (broad SMARTS) is 1. The van der Waals surface area contributed by atoms with Gasteiger partial charge in [0.1, 0.15) is 18.8 Å². The third-order valence-corrected chi connectivity index (χ3v) is 1.45. The van der Waals surface area contributed by atoms with Crippen LogP contribution in [0.5, 0.6) is 0 Å². The van der Waals surface area contributed by atoms with E-state index in [0.29, 0.717) is 13.2 Å². The van der Waals surface area contributed by atoms with Crippen molar-refractivity contribution in [1.29, 1.82) is 0 Å². The molecule has 0 aliphatic carbocycles. The van der Waals surface area contributed by atoms with Crippen molar-refractivity contribution < 1.29 is 29.0 Å². The average Bonchev–Trinajstić information content (AvgIpc) is 2.24. The summed E-state index contributed by atoms with van der Waals surface area (Å²) in [5.74, 6) is -1.60. The Balaban J connectivity index is 0. The summed E-state index contributed by atoms with van der Waals surface area (Å²) in [5, 5.41) is 7.89. The third-order valence-electron chi connectivity index (χ3n) is 1.45. The van der Waals surface area contributed by atoms with Crippen molar-refractivity contribution in [3.8, 4) is 0 Å². The zero-order valence-corrected chi connectivity index (χ0v) is 11.0. The van der Waals surface area contributed by atoms with Crippen LogP contribution in [0.4, 0.5) is 0 Å². The zero-order chi connectivity index (χ0) is 14.6. The molecule has 0 aromatic carbocycles. The molecule has 6 nitrogen and oxygen atoms in total. The van der Waals surface area contributed by atoms with E-state index in [1.54, 1.807) is 0 Å². The van der Waals surface area contributed by atoms with Gasteiger partial charge in [0.25, 0.3) is 0 Å². The van der Waals surface area contributed by atoms with Gasteiger partial charge in [-0.3, -0.25) is 9.59 Å². The zero-order valence-electron chi connectivity index (χ0n) is 11.0. The largest absolute Gasteiger partial charge is 0.478 e. The first kappa shape index (κ1) is 18.7. The van der Waals surface area contributed by atoms with Gasteiger partial charge >= 0.3 is 11.9 Å². The summed E-state index contributed by atoms with van der Waals surface area (Å²) in [6, 6.07) is 0. The Morgan fingerprint density at radius 2 is 1.67 bits per heavy atom. The van der Waals surface area contributed by atoms with Crippen molar-refractivity contribution in [3.63, 3.8) is 0 Å². The van der Waals surface area contributed by atoms with E-state index >= 15 is 0 Å². The van der Waals surface area contributed by atoms with Gasteiger partial charge in [0, 0.05) is 12.2 Å². The number of rotatable bonds is 7. The molecule has 0 aromatic heterocycles. The normalized spacial score (nSPS) is 8.83. The smallest absolute Gasteiger partial charge is 0.330 e. The summed E-state index contributed by atoms with van der Waals surface area (Å²) >= 11 is 0. The van der Waals surface area contributed by atoms with E-state index in [4.69, 9.17) is 9.84 Å². The molecule has 0 rings (SSSR count). The van der Waals surface area contributed by atoms with Crippen molar-refractivity contribution >= 4 is 17.7 Å². The van der Waals surface area contributed by atoms with Crippen molar-refractivity contribution in [3.05, 3.63) is 12.2 Å². The molecule has 0 atom stereocenters. The number of hydrogen-bond acceptors (Lipinski definition) is 5. The summed E-state index contributed by atoms with van der Waals surface area (Å²) < 4.78 is 9.60. The molecule has 0 spiro atoms. The van der Waals surface area contributed by atoms with Crippen LogP contribution in [0.25, 0.3) is 0 Å². The molecule has 0 amide bonds. The Morgan fingerprint density at radius 3 is 2.00 bits per heavy atom. The summed E-state index contributed by atoms with van der Waals surface area (Å²) in [6.07, 6.45) is -0.147. The van der Waals surface area contributed by atoms with E-state index in [0.717, 1.165) is 0 Å². The quantitative estimate of drug-likeness (QED) is 0.320. The number of ether oxygens (including phenoxy) is 2. The maximum atomic E-state index is 10.7. The standard InChI is InChI=1S/C8H14O4.C4H6O2/c1-3-11-4-5-12-8(10)6-7(2)9;1-3(2)4(5)6/h3-6H2,1-2H3;1H2,2H3,(H,5,6). The lowest BCUT2D eigenvalue weighted by Crippen LogP contribution is -2.12. The molecular weight excluding hydrogens is 240 g/mol. The first-order valence-electron chi connectivity index (χ1n) is 5.42. The van der Waals surface area contributed by atoms with Gasteiger partial charge in [0.05, 0.1) is 6.61 Å². The molecule has 0 unspecified atom stereocenters. The van der Waals surface area contributed by atoms with Gasteiger partial charge in [-0.25, -0.2) is 4.79 Å². The first-order chi connectivity index (χ1) is 8.31. The highest BCUT2D eigenvalue weighted by atomic mass is 16.6. The summed E-state index contributed by atoms with van der Waals surface area (Å²) in [5.41, 5.74) is 0.176. The highest BCUT2D eigenvalue weighted by Crippen LogP contribution is 1.87. The second-order valence-electron chi connectivity index (χ2n) is 3.38. The minimum Gasteiger partial charge on any atom is -0.478 e. The van der Waals surface area contributed by atoms with Crippen LogP contribution in [0, 0.1) is 0 Å². The van der Waals surface area contributed by atoms with Crippen molar-refractivity contribution in [2.45, 2.75) is 27.2 Å². The predicted octanol–water partition coefficient (Wildman–Crippen LogP) is 1.19. The van der Waals surface area contributed by atoms with Gasteiger partial charge in [-0.15, -0.1) is 0 Å². The van der Waals surface area contributed by atoms with E-state index in [1.807, 2.05) is 6.92 Å². The van der Waals surface area contributed by atoms with Crippen LogP contribution in [0.3, 0.4) is 0 Å². The van der Waals surface area contributed by atoms with Gasteiger partial charge in [0.2, 0.25) is 0 Å². The average molecular weight is 260 g/mol. The van der Waals surface area contributed by atoms with E-state index in [2.05, 4.69) is 11.3 Å². The molecular formula is C12H20O6. The topological polar surface area (TPSA) is 89.9 Å². The number of carboxylic acids is 1. The van der Waals surface area contributed by atoms with Crippen LogP contribution < -0.4 is 0 Å². The molecule has 0 bridgehead atoms. The summed E-state index contributed by atoms with van der Waals surface area (Å²) in [6.45, 7) is 9.02. The van der Waals surface area contributed by atoms with Gasteiger partial charge < -0.3 is 14.6 Å². The minimum atomic E-state index is -0.935. The Kier molecular flexibility index (Phi) is 12.2. The number of Topliss-reactive ketones (excluding diaryl/α,β-unsaturated/α-hetero) is 1. The molecule has 0 aliphatic rings. The molecule has 1 N–H and O–H groups in total. The number of ketones is 1. The Hall–Kier alpha value is -1.69. The Bertz CT molecular complexity index is 283. The first-order valence-corrected chi connectivity index (χ1v) is 5.42. The van der Waals surface area contributed by atoms with Crippen LogP contribution >= 0.6 is 0 Å². The van der Waals surface area contributed by atoms with Crippen LogP contribution in [0.2, 0.25) is 0 Å². The molecule has 0 fully saturated rings. The van der Waals surface area contributed by atoms with Gasteiger partial charge in [0.15, 0.2) is 0 Å². The lowest BCUT2D eigenvalue weighted by molar-refractivity contribution is -0.147. The highest BCUT2D eigenvalue weighted by Gasteiger charge is 2.04. The SMILES string of the molecule is C=C(C)C(=O)O.CCOCCOC(=O)CC(C)=O. The van der Waals surface area contributed by atoms with Crippen molar-refractivity contribution in [2.75, 3.05) is 19.8 Å². The van der Waals surface area contributed by atoms with E-state index in [-0.39, 0.29) is 24.4 Å². The van der Waals surface area contributed by atoms with Crippen molar-refractivity contribution in [1.82, 2.24) is 0 Å². The molecule has 0 aliphatic heterocycles. The number of hydrogen-bond donors (Lipinski definition) is 1.